The molecule has 0 radical (unpaired) electrons. The van der Waals surface area contributed by atoms with Crippen molar-refractivity contribution in [2.45, 2.75) is 51.4 Å². The van der Waals surface area contributed by atoms with Gasteiger partial charge in [-0.25, -0.2) is 9.07 Å². The van der Waals surface area contributed by atoms with E-state index >= 15 is 0 Å². The minimum atomic E-state index is -1.23. The van der Waals surface area contributed by atoms with Gasteiger partial charge in [0.05, 0.1) is 41.6 Å². The fourth-order valence-corrected chi connectivity index (χ4v) is 3.93. The molecule has 1 aromatic heterocycles. The molecule has 2 aromatic carbocycles. The second kappa shape index (κ2) is 14.7. The zero-order valence-corrected chi connectivity index (χ0v) is 24.0. The van der Waals surface area contributed by atoms with Gasteiger partial charge in [0, 0.05) is 18.5 Å². The van der Waals surface area contributed by atoms with Gasteiger partial charge in [-0.15, -0.1) is 0 Å². The molecule has 0 spiro atoms. The van der Waals surface area contributed by atoms with Crippen LogP contribution >= 0.6 is 0 Å². The van der Waals surface area contributed by atoms with Crippen molar-refractivity contribution < 1.29 is 60.3 Å². The first-order valence-electron chi connectivity index (χ1n) is 12.0. The standard InChI is InChI=1S/C28H29FN4O5.Na.H/c1-17(2)26-24(12-11-22(34)13-23(35)14-25(36)37)33(21-9-7-20(29)8-10-21)32-27(26)28(38)31-16-19-5-3-18(15-30)4-6-19;;/h3-12,17,22-23,34-35H,13-14,16H2,1-2H3,(H,31,38)(H,36,37);;/q;+1;-1/t22-,23+;;/m0../s1. The van der Waals surface area contributed by atoms with Crippen molar-refractivity contribution in [2.24, 2.45) is 0 Å². The molecule has 0 fully saturated rings. The van der Waals surface area contributed by atoms with E-state index in [9.17, 15) is 24.2 Å². The molecule has 0 unspecified atom stereocenters. The van der Waals surface area contributed by atoms with Crippen molar-refractivity contribution in [3.8, 4) is 11.8 Å². The molecule has 0 aliphatic carbocycles. The number of carbonyl (C=O) groups excluding carboxylic acids is 1. The first-order chi connectivity index (χ1) is 18.1. The summed E-state index contributed by atoms with van der Waals surface area (Å²) in [6, 6.07) is 14.4. The molecule has 4 N–H and O–H groups in total. The van der Waals surface area contributed by atoms with Gasteiger partial charge in [-0.3, -0.25) is 9.59 Å². The average Bonchev–Trinajstić information content (AvgIpc) is 3.26. The fraction of sp³-hybridized carbons (Fsp3) is 0.286. The SMILES string of the molecule is CC(C)c1c(C(=O)NCc2ccc(C#N)cc2)nn(-c2ccc(F)cc2)c1C=C[C@H](O)C[C@@H](O)CC(=O)O.[H-].[Na+]. The number of hydrogen-bond acceptors (Lipinski definition) is 6. The number of aliphatic hydroxyl groups excluding tert-OH is 2. The van der Waals surface area contributed by atoms with E-state index in [-0.39, 0.29) is 55.6 Å². The zero-order valence-electron chi connectivity index (χ0n) is 23.0. The molecule has 1 amide bonds. The van der Waals surface area contributed by atoms with Crippen LogP contribution in [0.3, 0.4) is 0 Å². The van der Waals surface area contributed by atoms with Crippen molar-refractivity contribution in [1.82, 2.24) is 15.1 Å². The van der Waals surface area contributed by atoms with Gasteiger partial charge >= 0.3 is 35.5 Å². The molecular weight excluding hydrogens is 514 g/mol. The summed E-state index contributed by atoms with van der Waals surface area (Å²) in [7, 11) is 0. The largest absolute Gasteiger partial charge is 1.00 e. The number of carboxylic acid groups (broad SMARTS) is 1. The molecule has 9 nitrogen and oxygen atoms in total. The number of amides is 1. The summed E-state index contributed by atoms with van der Waals surface area (Å²) in [5.74, 6) is -2.23. The third-order valence-corrected chi connectivity index (χ3v) is 5.76. The van der Waals surface area contributed by atoms with Gasteiger partial charge < -0.3 is 22.1 Å². The zero-order chi connectivity index (χ0) is 27.8. The van der Waals surface area contributed by atoms with Crippen molar-refractivity contribution >= 4 is 18.0 Å². The Hall–Kier alpha value is -3.33. The van der Waals surface area contributed by atoms with Crippen LogP contribution in [0.2, 0.25) is 0 Å². The fourth-order valence-electron chi connectivity index (χ4n) is 3.93. The van der Waals surface area contributed by atoms with Crippen LogP contribution in [0.1, 0.15) is 66.9 Å². The van der Waals surface area contributed by atoms with Crippen LogP contribution < -0.4 is 34.9 Å². The maximum Gasteiger partial charge on any atom is 1.00 e. The van der Waals surface area contributed by atoms with E-state index in [4.69, 9.17) is 10.4 Å². The number of nitriles is 1. The molecule has 3 rings (SSSR count). The number of aliphatic carboxylic acids is 1. The van der Waals surface area contributed by atoms with Crippen LogP contribution in [-0.4, -0.2) is 49.2 Å². The summed E-state index contributed by atoms with van der Waals surface area (Å²) in [5, 5.41) is 45.4. The van der Waals surface area contributed by atoms with E-state index < -0.39 is 36.3 Å². The number of aliphatic hydroxyl groups is 2. The molecule has 3 aromatic rings. The summed E-state index contributed by atoms with van der Waals surface area (Å²) in [4.78, 5) is 24.0. The Morgan fingerprint density at radius 1 is 1.15 bits per heavy atom. The number of nitrogens with one attached hydrogen (secondary N) is 1. The number of nitrogens with zero attached hydrogens (tertiary/aromatic N) is 3. The number of halogens is 1. The Morgan fingerprint density at radius 2 is 1.79 bits per heavy atom. The Balaban J connectivity index is 0.00000400. The molecule has 0 aliphatic rings. The third-order valence-electron chi connectivity index (χ3n) is 5.76. The van der Waals surface area contributed by atoms with E-state index in [0.717, 1.165) is 5.56 Å². The summed E-state index contributed by atoms with van der Waals surface area (Å²) in [6.45, 7) is 3.97. The summed E-state index contributed by atoms with van der Waals surface area (Å²) < 4.78 is 15.1. The molecule has 200 valence electrons. The van der Waals surface area contributed by atoms with E-state index in [2.05, 4.69) is 10.4 Å². The summed E-state index contributed by atoms with van der Waals surface area (Å²) in [6.07, 6.45) is -0.133. The second-order valence-corrected chi connectivity index (χ2v) is 9.10. The first-order valence-corrected chi connectivity index (χ1v) is 12.0. The normalized spacial score (nSPS) is 12.5. The van der Waals surface area contributed by atoms with Crippen molar-refractivity contribution in [3.05, 3.63) is 88.5 Å². The minimum Gasteiger partial charge on any atom is -1.00 e. The number of hydrogen-bond donors (Lipinski definition) is 4. The number of rotatable bonds is 11. The maximum atomic E-state index is 13.6. The van der Waals surface area contributed by atoms with Crippen LogP contribution in [0.4, 0.5) is 4.39 Å². The number of benzene rings is 2. The number of carbonyl (C=O) groups is 2. The van der Waals surface area contributed by atoms with Crippen molar-refractivity contribution in [3.63, 3.8) is 0 Å². The van der Waals surface area contributed by atoms with E-state index in [0.29, 0.717) is 22.5 Å². The molecule has 0 saturated carbocycles. The second-order valence-electron chi connectivity index (χ2n) is 9.10. The van der Waals surface area contributed by atoms with Crippen LogP contribution in [0.15, 0.2) is 54.6 Å². The van der Waals surface area contributed by atoms with Crippen LogP contribution in [0, 0.1) is 17.1 Å². The Labute approximate surface area is 249 Å². The van der Waals surface area contributed by atoms with E-state index in [1.807, 2.05) is 19.9 Å². The molecule has 2 atom stereocenters. The Bertz CT molecular complexity index is 1350. The van der Waals surface area contributed by atoms with Gasteiger partial charge in [0.15, 0.2) is 5.69 Å². The van der Waals surface area contributed by atoms with E-state index in [1.54, 1.807) is 30.3 Å². The average molecular weight is 545 g/mol. The molecule has 0 bridgehead atoms. The Morgan fingerprint density at radius 3 is 2.36 bits per heavy atom. The van der Waals surface area contributed by atoms with Crippen LogP contribution in [-0.2, 0) is 11.3 Å². The number of carboxylic acids is 1. The number of aromatic nitrogens is 2. The van der Waals surface area contributed by atoms with Crippen LogP contribution in [0.25, 0.3) is 11.8 Å². The smallest absolute Gasteiger partial charge is 1.00 e. The van der Waals surface area contributed by atoms with Crippen LogP contribution in [0.5, 0.6) is 0 Å². The van der Waals surface area contributed by atoms with Crippen molar-refractivity contribution in [2.75, 3.05) is 0 Å². The quantitative estimate of drug-likeness (QED) is 0.259. The van der Waals surface area contributed by atoms with Gasteiger partial charge in [-0.2, -0.15) is 10.4 Å². The topological polar surface area (TPSA) is 148 Å². The summed E-state index contributed by atoms with van der Waals surface area (Å²) in [5.41, 5.74) is 3.00. The van der Waals surface area contributed by atoms with Gasteiger partial charge in [0.1, 0.15) is 5.82 Å². The third kappa shape index (κ3) is 8.85. The minimum absolute atomic E-state index is 0. The molecular formula is C28H30FN4NaO5. The molecule has 39 heavy (non-hydrogen) atoms. The molecule has 11 heteroatoms. The monoisotopic (exact) mass is 544 g/mol. The Kier molecular flexibility index (Phi) is 12.0. The molecule has 0 saturated heterocycles. The van der Waals surface area contributed by atoms with Crippen molar-refractivity contribution in [1.29, 1.82) is 5.26 Å². The van der Waals surface area contributed by atoms with Gasteiger partial charge in [-0.05, 0) is 54.0 Å². The molecule has 1 heterocycles. The van der Waals surface area contributed by atoms with Gasteiger partial charge in [0.2, 0.25) is 0 Å². The molecule has 0 aliphatic heterocycles. The summed E-state index contributed by atoms with van der Waals surface area (Å²) >= 11 is 0. The maximum absolute atomic E-state index is 13.6. The predicted molar refractivity (Wildman–Crippen MR) is 139 cm³/mol. The van der Waals surface area contributed by atoms with Gasteiger partial charge in [-0.1, -0.05) is 32.1 Å². The first kappa shape index (κ1) is 31.9. The van der Waals surface area contributed by atoms with Gasteiger partial charge in [0.25, 0.3) is 5.91 Å². The van der Waals surface area contributed by atoms with E-state index in [1.165, 1.54) is 35.0 Å². The predicted octanol–water partition coefficient (Wildman–Crippen LogP) is 0.653.